The van der Waals surface area contributed by atoms with Gasteiger partial charge in [0.15, 0.2) is 5.78 Å². The zero-order chi connectivity index (χ0) is 25.5. The highest BCUT2D eigenvalue weighted by molar-refractivity contribution is 7.87. The van der Waals surface area contributed by atoms with Crippen LogP contribution in [0.1, 0.15) is 50.1 Å². The molecular weight excluding hydrogens is 472 g/mol. The molecule has 1 heterocycles. The third-order valence-corrected chi connectivity index (χ3v) is 6.84. The molecule has 4 aromatic rings. The molecule has 3 aromatic carbocycles. The number of aryl methyl sites for hydroxylation is 3. The fourth-order valence-electron chi connectivity index (χ4n) is 3.96. The summed E-state index contributed by atoms with van der Waals surface area (Å²) in [6.07, 6.45) is 0.528. The Labute approximate surface area is 201 Å². The molecule has 0 fully saturated rings. The summed E-state index contributed by atoms with van der Waals surface area (Å²) < 4.78 is 36.8. The standard InChI is InChI=1S/C26H22O8S/c1-4-21-23(19-7-5-6-8-22(19)33-21)24(28)16-11-14(2)25(15(3)12-16)34-35(31,32)17-9-10-18(26(29)30)20(27)13-17/h5-13,27H,4H2,1-3H3,(H,29,30). The van der Waals surface area contributed by atoms with E-state index in [1.165, 1.54) is 0 Å². The lowest BCUT2D eigenvalue weighted by Crippen LogP contribution is -2.13. The molecule has 1 aromatic heterocycles. The molecule has 0 spiro atoms. The van der Waals surface area contributed by atoms with Crippen LogP contribution in [0.3, 0.4) is 0 Å². The summed E-state index contributed by atoms with van der Waals surface area (Å²) in [6.45, 7) is 5.13. The number of aromatic carboxylic acids is 1. The van der Waals surface area contributed by atoms with E-state index in [2.05, 4.69) is 0 Å². The first-order valence-corrected chi connectivity index (χ1v) is 12.1. The maximum Gasteiger partial charge on any atom is 0.339 e. The number of carbonyl (C=O) groups excluding carboxylic acids is 1. The number of ketones is 1. The summed E-state index contributed by atoms with van der Waals surface area (Å²) in [6, 6.07) is 13.2. The van der Waals surface area contributed by atoms with Crippen LogP contribution in [-0.2, 0) is 16.5 Å². The molecule has 2 N–H and O–H groups in total. The van der Waals surface area contributed by atoms with Gasteiger partial charge in [0.2, 0.25) is 0 Å². The molecule has 0 saturated heterocycles. The zero-order valence-electron chi connectivity index (χ0n) is 19.2. The minimum absolute atomic E-state index is 0.0381. The Balaban J connectivity index is 1.70. The van der Waals surface area contributed by atoms with Crippen LogP contribution in [-0.4, -0.2) is 30.4 Å². The normalized spacial score (nSPS) is 11.5. The third-order valence-electron chi connectivity index (χ3n) is 5.62. The molecule has 0 radical (unpaired) electrons. The highest BCUT2D eigenvalue weighted by Gasteiger charge is 2.25. The van der Waals surface area contributed by atoms with E-state index in [0.29, 0.717) is 45.4 Å². The molecule has 0 saturated carbocycles. The molecule has 0 aliphatic rings. The SMILES string of the molecule is CCc1oc2ccccc2c1C(=O)c1cc(C)c(OS(=O)(=O)c2ccc(C(=O)O)c(O)c2)c(C)c1. The Hall–Kier alpha value is -4.11. The number of phenols is 1. The molecule has 0 atom stereocenters. The topological polar surface area (TPSA) is 131 Å². The largest absolute Gasteiger partial charge is 0.507 e. The zero-order valence-corrected chi connectivity index (χ0v) is 20.0. The molecule has 180 valence electrons. The summed E-state index contributed by atoms with van der Waals surface area (Å²) >= 11 is 0. The molecule has 0 aliphatic carbocycles. The van der Waals surface area contributed by atoms with Crippen molar-refractivity contribution in [1.82, 2.24) is 0 Å². The highest BCUT2D eigenvalue weighted by Crippen LogP contribution is 2.33. The number of carboxylic acids is 1. The molecule has 8 nitrogen and oxygen atoms in total. The maximum atomic E-state index is 13.5. The Morgan fingerprint density at radius 2 is 1.66 bits per heavy atom. The number of carboxylic acid groups (broad SMARTS) is 1. The summed E-state index contributed by atoms with van der Waals surface area (Å²) in [4.78, 5) is 24.1. The number of benzene rings is 3. The van der Waals surface area contributed by atoms with Crippen molar-refractivity contribution in [1.29, 1.82) is 0 Å². The number of fused-ring (bicyclic) bond motifs is 1. The van der Waals surface area contributed by atoms with Gasteiger partial charge in [-0.3, -0.25) is 4.79 Å². The molecule has 4 rings (SSSR count). The van der Waals surface area contributed by atoms with Gasteiger partial charge in [-0.25, -0.2) is 4.79 Å². The number of hydrogen-bond donors (Lipinski definition) is 2. The average Bonchev–Trinajstić information content (AvgIpc) is 3.19. The van der Waals surface area contributed by atoms with Gasteiger partial charge in [0, 0.05) is 23.4 Å². The average molecular weight is 495 g/mol. The van der Waals surface area contributed by atoms with Crippen LogP contribution in [0.2, 0.25) is 0 Å². The van der Waals surface area contributed by atoms with Crippen LogP contribution in [0.15, 0.2) is 63.9 Å². The van der Waals surface area contributed by atoms with Crippen molar-refractivity contribution in [3.05, 3.63) is 88.2 Å². The first-order chi connectivity index (χ1) is 16.5. The molecule has 0 aliphatic heterocycles. The smallest absolute Gasteiger partial charge is 0.339 e. The lowest BCUT2D eigenvalue weighted by atomic mass is 9.96. The molecule has 35 heavy (non-hydrogen) atoms. The lowest BCUT2D eigenvalue weighted by Gasteiger charge is -2.14. The van der Waals surface area contributed by atoms with Crippen molar-refractivity contribution < 1.29 is 36.8 Å². The van der Waals surface area contributed by atoms with E-state index in [9.17, 15) is 23.1 Å². The van der Waals surface area contributed by atoms with Gasteiger partial charge in [-0.15, -0.1) is 0 Å². The van der Waals surface area contributed by atoms with Crippen molar-refractivity contribution in [2.45, 2.75) is 32.1 Å². The second kappa shape index (κ2) is 8.92. The van der Waals surface area contributed by atoms with E-state index in [-0.39, 0.29) is 11.5 Å². The van der Waals surface area contributed by atoms with E-state index < -0.39 is 32.3 Å². The van der Waals surface area contributed by atoms with Gasteiger partial charge in [-0.2, -0.15) is 8.42 Å². The Bertz CT molecular complexity index is 1570. The summed E-state index contributed by atoms with van der Waals surface area (Å²) in [5, 5.41) is 19.6. The molecule has 9 heteroatoms. The minimum atomic E-state index is -4.39. The predicted octanol–water partition coefficient (Wildman–Crippen LogP) is 5.01. The highest BCUT2D eigenvalue weighted by atomic mass is 32.2. The molecule has 0 unspecified atom stereocenters. The summed E-state index contributed by atoms with van der Waals surface area (Å²) in [7, 11) is -4.39. The molecule has 0 amide bonds. The van der Waals surface area contributed by atoms with E-state index in [4.69, 9.17) is 13.7 Å². The Morgan fingerprint density at radius 3 is 2.26 bits per heavy atom. The number of hydrogen-bond acceptors (Lipinski definition) is 7. The van der Waals surface area contributed by atoms with Crippen LogP contribution < -0.4 is 4.18 Å². The fraction of sp³-hybridized carbons (Fsp3) is 0.154. The number of para-hydroxylation sites is 1. The van der Waals surface area contributed by atoms with Gasteiger partial charge in [-0.1, -0.05) is 25.1 Å². The van der Waals surface area contributed by atoms with Crippen LogP contribution >= 0.6 is 0 Å². The maximum absolute atomic E-state index is 13.5. The van der Waals surface area contributed by atoms with Gasteiger partial charge in [-0.05, 0) is 55.3 Å². The minimum Gasteiger partial charge on any atom is -0.507 e. The predicted molar refractivity (Wildman–Crippen MR) is 128 cm³/mol. The van der Waals surface area contributed by atoms with E-state index in [1.807, 2.05) is 25.1 Å². The van der Waals surface area contributed by atoms with Crippen LogP contribution in [0, 0.1) is 13.8 Å². The van der Waals surface area contributed by atoms with Crippen molar-refractivity contribution in [2.24, 2.45) is 0 Å². The monoisotopic (exact) mass is 494 g/mol. The second-order valence-corrected chi connectivity index (χ2v) is 9.59. The van der Waals surface area contributed by atoms with Gasteiger partial charge in [0.1, 0.15) is 33.3 Å². The number of rotatable bonds is 7. The van der Waals surface area contributed by atoms with Crippen molar-refractivity contribution >= 4 is 32.8 Å². The first-order valence-electron chi connectivity index (χ1n) is 10.7. The number of carbonyl (C=O) groups is 2. The Kier molecular flexibility index (Phi) is 6.12. The fourth-order valence-corrected chi connectivity index (χ4v) is 5.03. The Morgan fingerprint density at radius 1 is 1.00 bits per heavy atom. The van der Waals surface area contributed by atoms with Crippen molar-refractivity contribution in [3.8, 4) is 11.5 Å². The molecular formula is C26H22O8S. The van der Waals surface area contributed by atoms with Crippen LogP contribution in [0.4, 0.5) is 0 Å². The van der Waals surface area contributed by atoms with E-state index >= 15 is 0 Å². The van der Waals surface area contributed by atoms with Gasteiger partial charge in [0.05, 0.1) is 5.56 Å². The first kappa shape index (κ1) is 24.0. The quantitative estimate of drug-likeness (QED) is 0.271. The second-order valence-electron chi connectivity index (χ2n) is 8.04. The van der Waals surface area contributed by atoms with Gasteiger partial charge < -0.3 is 18.8 Å². The van der Waals surface area contributed by atoms with Crippen molar-refractivity contribution in [3.63, 3.8) is 0 Å². The lowest BCUT2D eigenvalue weighted by molar-refractivity contribution is 0.0693. The van der Waals surface area contributed by atoms with E-state index in [1.54, 1.807) is 32.0 Å². The van der Waals surface area contributed by atoms with Crippen molar-refractivity contribution in [2.75, 3.05) is 0 Å². The molecule has 0 bridgehead atoms. The summed E-state index contributed by atoms with van der Waals surface area (Å²) in [5.74, 6) is -1.73. The third kappa shape index (κ3) is 4.38. The van der Waals surface area contributed by atoms with Gasteiger partial charge in [0.25, 0.3) is 0 Å². The summed E-state index contributed by atoms with van der Waals surface area (Å²) in [5.41, 5.74) is 1.83. The van der Waals surface area contributed by atoms with E-state index in [0.717, 1.165) is 18.2 Å². The number of aromatic hydroxyl groups is 1. The van der Waals surface area contributed by atoms with Crippen LogP contribution in [0.5, 0.6) is 11.5 Å². The van der Waals surface area contributed by atoms with Crippen LogP contribution in [0.25, 0.3) is 11.0 Å². The van der Waals surface area contributed by atoms with Gasteiger partial charge >= 0.3 is 16.1 Å². The number of furan rings is 1.